The molecule has 1 saturated carbocycles. The Bertz CT molecular complexity index is 1010. The van der Waals surface area contributed by atoms with Crippen LogP contribution in [0.5, 0.6) is 5.75 Å². The molecule has 0 spiro atoms. The molecule has 0 atom stereocenters. The van der Waals surface area contributed by atoms with Gasteiger partial charge in [0.05, 0.1) is 16.5 Å². The maximum Gasteiger partial charge on any atom is 0.422 e. The van der Waals surface area contributed by atoms with Crippen LogP contribution in [0.15, 0.2) is 36.4 Å². The van der Waals surface area contributed by atoms with Crippen LogP contribution in [0.4, 0.5) is 39.5 Å². The van der Waals surface area contributed by atoms with Crippen LogP contribution < -0.4 is 4.74 Å². The van der Waals surface area contributed by atoms with Crippen LogP contribution in [0.25, 0.3) is 11.1 Å². The summed E-state index contributed by atoms with van der Waals surface area (Å²) in [7, 11) is 0. The van der Waals surface area contributed by atoms with E-state index in [1.165, 1.54) is 0 Å². The highest BCUT2D eigenvalue weighted by atomic mass is 19.4. The maximum absolute atomic E-state index is 13.7. The summed E-state index contributed by atoms with van der Waals surface area (Å²) in [4.78, 5) is 11.6. The summed E-state index contributed by atoms with van der Waals surface area (Å²) in [6, 6.07) is 4.00. The molecule has 0 radical (unpaired) electrons. The van der Waals surface area contributed by atoms with Crippen LogP contribution in [-0.4, -0.2) is 23.9 Å². The van der Waals surface area contributed by atoms with Crippen molar-refractivity contribution in [1.82, 2.24) is 0 Å². The van der Waals surface area contributed by atoms with Crippen molar-refractivity contribution in [2.45, 2.75) is 36.8 Å². The smallest absolute Gasteiger partial charge is 0.422 e. The molecule has 32 heavy (non-hydrogen) atoms. The van der Waals surface area contributed by atoms with Gasteiger partial charge < -0.3 is 9.84 Å². The van der Waals surface area contributed by atoms with Gasteiger partial charge in [-0.25, -0.2) is 0 Å². The lowest BCUT2D eigenvalue weighted by atomic mass is 9.89. The molecule has 0 amide bonds. The van der Waals surface area contributed by atoms with E-state index in [1.807, 2.05) is 0 Å². The second kappa shape index (κ2) is 7.59. The third kappa shape index (κ3) is 4.78. The fraction of sp³-hybridized carbons (Fsp3) is 0.350. The van der Waals surface area contributed by atoms with E-state index < -0.39 is 59.0 Å². The fourth-order valence-corrected chi connectivity index (χ4v) is 3.23. The predicted molar refractivity (Wildman–Crippen MR) is 92.0 cm³/mol. The van der Waals surface area contributed by atoms with Crippen LogP contribution in [0, 0.1) is 0 Å². The van der Waals surface area contributed by atoms with E-state index >= 15 is 0 Å². The summed E-state index contributed by atoms with van der Waals surface area (Å²) in [6.07, 6.45) is -15.0. The highest BCUT2D eigenvalue weighted by molar-refractivity contribution is 5.86. The first-order valence-corrected chi connectivity index (χ1v) is 8.91. The van der Waals surface area contributed by atoms with Gasteiger partial charge in [0, 0.05) is 5.56 Å². The highest BCUT2D eigenvalue weighted by Gasteiger charge is 2.53. The summed E-state index contributed by atoms with van der Waals surface area (Å²) < 4.78 is 122. The Morgan fingerprint density at radius 1 is 0.906 bits per heavy atom. The number of benzene rings is 2. The largest absolute Gasteiger partial charge is 0.483 e. The molecule has 2 aromatic carbocycles. The van der Waals surface area contributed by atoms with Crippen molar-refractivity contribution in [3.63, 3.8) is 0 Å². The molecular formula is C20H13F9O3. The molecule has 3 nitrogen and oxygen atoms in total. The second-order valence-corrected chi connectivity index (χ2v) is 7.26. The van der Waals surface area contributed by atoms with Gasteiger partial charge in [0.25, 0.3) is 0 Å². The van der Waals surface area contributed by atoms with Crippen molar-refractivity contribution in [2.75, 3.05) is 6.61 Å². The molecule has 0 bridgehead atoms. The topological polar surface area (TPSA) is 46.5 Å². The van der Waals surface area contributed by atoms with Gasteiger partial charge >= 0.3 is 24.5 Å². The summed E-state index contributed by atoms with van der Waals surface area (Å²) in [6.45, 7) is -2.09. The van der Waals surface area contributed by atoms with Gasteiger partial charge in [0.15, 0.2) is 6.61 Å². The van der Waals surface area contributed by atoms with Crippen molar-refractivity contribution >= 4 is 5.97 Å². The number of aliphatic carboxylic acids is 1. The molecule has 174 valence electrons. The molecule has 0 heterocycles. The number of alkyl halides is 9. The van der Waals surface area contributed by atoms with E-state index in [9.17, 15) is 49.4 Å². The van der Waals surface area contributed by atoms with Gasteiger partial charge in [-0.3, -0.25) is 4.79 Å². The Labute approximate surface area is 174 Å². The van der Waals surface area contributed by atoms with Gasteiger partial charge in [-0.15, -0.1) is 0 Å². The van der Waals surface area contributed by atoms with E-state index in [-0.39, 0.29) is 24.0 Å². The molecule has 12 heteroatoms. The average molecular weight is 472 g/mol. The SMILES string of the molecule is O=C(O)C1(c2cc(-c3ccc(C(F)(F)F)cc3)c(OCC(F)(F)F)c(C(F)(F)F)c2)CC1. The number of carbonyl (C=O) groups is 1. The predicted octanol–water partition coefficient (Wildman–Crippen LogP) is 6.45. The average Bonchev–Trinajstić information content (AvgIpc) is 3.46. The van der Waals surface area contributed by atoms with Crippen molar-refractivity contribution in [3.05, 3.63) is 53.1 Å². The second-order valence-electron chi connectivity index (χ2n) is 7.26. The number of hydrogen-bond donors (Lipinski definition) is 1. The Morgan fingerprint density at radius 2 is 1.47 bits per heavy atom. The standard InChI is InChI=1S/C20H13F9O3/c21-18(22,23)9-32-15-13(10-1-3-11(4-2-10)19(24,25)26)7-12(8-14(15)20(27,28)29)17(5-6-17)16(30)31/h1-4,7-8H,5-6,9H2,(H,30,31). The molecule has 3 rings (SSSR count). The summed E-state index contributed by atoms with van der Waals surface area (Å²) >= 11 is 0. The Kier molecular flexibility index (Phi) is 5.63. The molecule has 0 aliphatic heterocycles. The van der Waals surface area contributed by atoms with E-state index in [4.69, 9.17) is 0 Å². The van der Waals surface area contributed by atoms with Crippen LogP contribution in [-0.2, 0) is 22.6 Å². The molecule has 1 N–H and O–H groups in total. The summed E-state index contributed by atoms with van der Waals surface area (Å²) in [5.41, 5.74) is -5.67. The fourth-order valence-electron chi connectivity index (χ4n) is 3.23. The maximum atomic E-state index is 13.7. The lowest BCUT2D eigenvalue weighted by Gasteiger charge is -2.22. The first-order chi connectivity index (χ1) is 14.5. The molecule has 1 aliphatic carbocycles. The molecule has 0 saturated heterocycles. The Balaban J connectivity index is 2.25. The lowest BCUT2D eigenvalue weighted by Crippen LogP contribution is -2.23. The lowest BCUT2D eigenvalue weighted by molar-refractivity contribution is -0.158. The molecule has 0 aromatic heterocycles. The normalized spacial score (nSPS) is 16.0. The zero-order chi connectivity index (χ0) is 24.1. The van der Waals surface area contributed by atoms with Crippen molar-refractivity contribution in [1.29, 1.82) is 0 Å². The molecule has 2 aromatic rings. The quantitative estimate of drug-likeness (QED) is 0.509. The van der Waals surface area contributed by atoms with E-state index in [2.05, 4.69) is 4.74 Å². The highest BCUT2D eigenvalue weighted by Crippen LogP contribution is 2.53. The minimum Gasteiger partial charge on any atom is -0.483 e. The third-order valence-electron chi connectivity index (χ3n) is 5.01. The Morgan fingerprint density at radius 3 is 1.88 bits per heavy atom. The summed E-state index contributed by atoms with van der Waals surface area (Å²) in [5.74, 6) is -2.67. The van der Waals surface area contributed by atoms with Crippen molar-refractivity contribution in [2.24, 2.45) is 0 Å². The number of halogens is 9. The van der Waals surface area contributed by atoms with Gasteiger partial charge in [0.1, 0.15) is 5.75 Å². The molecular weight excluding hydrogens is 459 g/mol. The zero-order valence-corrected chi connectivity index (χ0v) is 15.8. The number of hydrogen-bond acceptors (Lipinski definition) is 2. The van der Waals surface area contributed by atoms with Crippen LogP contribution in [0.2, 0.25) is 0 Å². The number of carboxylic acids is 1. The first kappa shape index (κ1) is 23.7. The van der Waals surface area contributed by atoms with Gasteiger partial charge in [0.2, 0.25) is 0 Å². The van der Waals surface area contributed by atoms with Crippen LogP contribution >= 0.6 is 0 Å². The number of carboxylic acid groups (broad SMARTS) is 1. The van der Waals surface area contributed by atoms with Gasteiger partial charge in [-0.2, -0.15) is 39.5 Å². The molecule has 0 unspecified atom stereocenters. The molecule has 1 aliphatic rings. The molecule has 1 fully saturated rings. The first-order valence-electron chi connectivity index (χ1n) is 8.91. The number of rotatable bonds is 5. The minimum absolute atomic E-state index is 0.00512. The number of ether oxygens (including phenoxy) is 1. The van der Waals surface area contributed by atoms with E-state index in [1.54, 1.807) is 0 Å². The van der Waals surface area contributed by atoms with Crippen molar-refractivity contribution < 1.29 is 54.2 Å². The third-order valence-corrected chi connectivity index (χ3v) is 5.01. The van der Waals surface area contributed by atoms with Gasteiger partial charge in [-0.05, 0) is 48.2 Å². The zero-order valence-electron chi connectivity index (χ0n) is 15.8. The van der Waals surface area contributed by atoms with Crippen LogP contribution in [0.1, 0.15) is 29.5 Å². The van der Waals surface area contributed by atoms with Crippen LogP contribution in [0.3, 0.4) is 0 Å². The van der Waals surface area contributed by atoms with Crippen molar-refractivity contribution in [3.8, 4) is 16.9 Å². The summed E-state index contributed by atoms with van der Waals surface area (Å²) in [5, 5.41) is 9.43. The van der Waals surface area contributed by atoms with E-state index in [0.29, 0.717) is 18.2 Å². The van der Waals surface area contributed by atoms with Gasteiger partial charge in [-0.1, -0.05) is 12.1 Å². The monoisotopic (exact) mass is 472 g/mol. The Hall–Kier alpha value is -2.92. The minimum atomic E-state index is -5.23. The van der Waals surface area contributed by atoms with E-state index in [0.717, 1.165) is 18.2 Å².